The molecule has 0 aliphatic heterocycles. The van der Waals surface area contributed by atoms with E-state index in [9.17, 15) is 14.4 Å². The van der Waals surface area contributed by atoms with Crippen LogP contribution in [0.25, 0.3) is 0 Å². The first-order valence-electron chi connectivity index (χ1n) is 23.3. The van der Waals surface area contributed by atoms with Gasteiger partial charge in [-0.1, -0.05) is 189 Å². The number of carbonyl (C=O) groups is 3. The van der Waals surface area contributed by atoms with E-state index >= 15 is 0 Å². The fourth-order valence-electron chi connectivity index (χ4n) is 5.97. The molecule has 0 bridgehead atoms. The van der Waals surface area contributed by atoms with Gasteiger partial charge in [-0.15, -0.1) is 0 Å². The molecule has 58 heavy (non-hydrogen) atoms. The molecule has 0 aromatic heterocycles. The van der Waals surface area contributed by atoms with Crippen molar-refractivity contribution in [3.05, 3.63) is 97.2 Å². The van der Waals surface area contributed by atoms with Crippen LogP contribution in [0.2, 0.25) is 0 Å². The summed E-state index contributed by atoms with van der Waals surface area (Å²) < 4.78 is 16.6. The van der Waals surface area contributed by atoms with E-state index < -0.39 is 12.1 Å². The maximum Gasteiger partial charge on any atom is 0.306 e. The van der Waals surface area contributed by atoms with Gasteiger partial charge in [0.15, 0.2) is 6.10 Å². The second-order valence-corrected chi connectivity index (χ2v) is 15.0. The van der Waals surface area contributed by atoms with Crippen molar-refractivity contribution in [2.75, 3.05) is 13.2 Å². The number of carbonyl (C=O) groups excluding carboxylic acids is 3. The highest BCUT2D eigenvalue weighted by molar-refractivity contribution is 5.71. The molecule has 328 valence electrons. The second-order valence-electron chi connectivity index (χ2n) is 15.0. The van der Waals surface area contributed by atoms with Crippen molar-refractivity contribution in [3.63, 3.8) is 0 Å². The van der Waals surface area contributed by atoms with Crippen LogP contribution in [-0.2, 0) is 28.6 Å². The number of esters is 3. The fraction of sp³-hybridized carbons (Fsp3) is 0.635. The van der Waals surface area contributed by atoms with Crippen LogP contribution in [0, 0.1) is 0 Å². The number of ether oxygens (including phenoxy) is 3. The normalized spacial score (nSPS) is 12.9. The Kier molecular flexibility index (Phi) is 43.1. The Morgan fingerprint density at radius 1 is 0.379 bits per heavy atom. The van der Waals surface area contributed by atoms with Gasteiger partial charge in [0.25, 0.3) is 0 Å². The van der Waals surface area contributed by atoms with Crippen molar-refractivity contribution in [2.45, 2.75) is 200 Å². The molecule has 1 unspecified atom stereocenters. The molecule has 0 aliphatic rings. The lowest BCUT2D eigenvalue weighted by Crippen LogP contribution is -2.30. The summed E-state index contributed by atoms with van der Waals surface area (Å²) in [5.74, 6) is -1.02. The summed E-state index contributed by atoms with van der Waals surface area (Å²) in [6.45, 7) is 6.27. The summed E-state index contributed by atoms with van der Waals surface area (Å²) in [5.41, 5.74) is 0. The summed E-state index contributed by atoms with van der Waals surface area (Å²) in [6, 6.07) is 0. The van der Waals surface area contributed by atoms with E-state index in [-0.39, 0.29) is 31.6 Å². The van der Waals surface area contributed by atoms with E-state index in [0.717, 1.165) is 83.5 Å². The molecular weight excluding hydrogens is 721 g/mol. The summed E-state index contributed by atoms with van der Waals surface area (Å²) in [7, 11) is 0. The van der Waals surface area contributed by atoms with Gasteiger partial charge in [0.2, 0.25) is 0 Å². The van der Waals surface area contributed by atoms with Gasteiger partial charge in [-0.3, -0.25) is 14.4 Å². The molecule has 0 aromatic carbocycles. The van der Waals surface area contributed by atoms with Crippen molar-refractivity contribution >= 4 is 17.9 Å². The minimum absolute atomic E-state index is 0.114. The van der Waals surface area contributed by atoms with Crippen LogP contribution in [-0.4, -0.2) is 37.2 Å². The first-order chi connectivity index (χ1) is 28.5. The largest absolute Gasteiger partial charge is 0.462 e. The van der Waals surface area contributed by atoms with Crippen LogP contribution in [0.4, 0.5) is 0 Å². The lowest BCUT2D eigenvalue weighted by atomic mass is 10.1. The molecule has 0 heterocycles. The molecular formula is C52H84O6. The summed E-state index contributed by atoms with van der Waals surface area (Å²) in [4.78, 5) is 37.8. The molecule has 0 saturated carbocycles. The van der Waals surface area contributed by atoms with E-state index in [2.05, 4.69) is 63.3 Å². The van der Waals surface area contributed by atoms with E-state index in [0.29, 0.717) is 19.3 Å². The predicted molar refractivity (Wildman–Crippen MR) is 247 cm³/mol. The van der Waals surface area contributed by atoms with Crippen molar-refractivity contribution < 1.29 is 28.6 Å². The zero-order valence-corrected chi connectivity index (χ0v) is 37.3. The smallest absolute Gasteiger partial charge is 0.306 e. The third kappa shape index (κ3) is 43.5. The van der Waals surface area contributed by atoms with Gasteiger partial charge in [-0.05, 0) is 83.5 Å². The average molecular weight is 805 g/mol. The van der Waals surface area contributed by atoms with Gasteiger partial charge in [0.1, 0.15) is 13.2 Å². The van der Waals surface area contributed by atoms with Crippen LogP contribution >= 0.6 is 0 Å². The number of hydrogen-bond donors (Lipinski definition) is 0. The maximum absolute atomic E-state index is 12.7. The lowest BCUT2D eigenvalue weighted by molar-refractivity contribution is -0.167. The Bertz CT molecular complexity index is 1200. The molecule has 0 amide bonds. The Morgan fingerprint density at radius 3 is 1.29 bits per heavy atom. The van der Waals surface area contributed by atoms with E-state index in [1.807, 2.05) is 54.7 Å². The minimum Gasteiger partial charge on any atom is -0.462 e. The molecule has 0 N–H and O–H groups in total. The first kappa shape index (κ1) is 54.3. The third-order valence-corrected chi connectivity index (χ3v) is 9.43. The minimum atomic E-state index is -0.821. The molecule has 0 saturated heterocycles. The Morgan fingerprint density at radius 2 is 0.776 bits per heavy atom. The highest BCUT2D eigenvalue weighted by atomic mass is 16.6. The van der Waals surface area contributed by atoms with Gasteiger partial charge < -0.3 is 14.2 Å². The molecule has 0 radical (unpaired) electrons. The van der Waals surface area contributed by atoms with Crippen molar-refractivity contribution in [2.24, 2.45) is 0 Å². The average Bonchev–Trinajstić information content (AvgIpc) is 3.22. The van der Waals surface area contributed by atoms with E-state index in [1.54, 1.807) is 0 Å². The van der Waals surface area contributed by atoms with E-state index in [1.165, 1.54) is 64.2 Å². The van der Waals surface area contributed by atoms with Crippen LogP contribution in [0.15, 0.2) is 97.2 Å². The number of unbranched alkanes of at least 4 members (excludes halogenated alkanes) is 17. The molecule has 6 heteroatoms. The molecule has 0 fully saturated rings. The standard InChI is InChI=1S/C52H84O6/c1-4-7-10-13-16-19-22-25-26-28-30-33-36-39-42-45-51(54)57-48-49(47-56-50(53)44-41-38-35-32-29-24-21-18-15-12-9-6-3)58-52(55)46-43-40-37-34-31-27-23-20-17-14-11-8-5-2/h8-9,11-12,14,17-23,27,31,34,37,49H,4-7,10,13,15-16,24-26,28-30,32-33,35-36,38-48H2,1-3H3/b11-8-,12-9-,17-14-,21-18-,22-19-,23-20-,31-27-,37-34-. The summed E-state index contributed by atoms with van der Waals surface area (Å²) in [6.07, 6.45) is 59.7. The van der Waals surface area contributed by atoms with Gasteiger partial charge >= 0.3 is 17.9 Å². The molecule has 6 nitrogen and oxygen atoms in total. The fourth-order valence-corrected chi connectivity index (χ4v) is 5.97. The predicted octanol–water partition coefficient (Wildman–Crippen LogP) is 15.0. The number of hydrogen-bond acceptors (Lipinski definition) is 6. The quantitative estimate of drug-likeness (QED) is 0.0202. The van der Waals surface area contributed by atoms with Crippen LogP contribution < -0.4 is 0 Å². The maximum atomic E-state index is 12.7. The van der Waals surface area contributed by atoms with Crippen LogP contribution in [0.5, 0.6) is 0 Å². The SMILES string of the molecule is CC\C=C/C=C\C=C/C=C\C=C/CCCC(=O)OC(COC(=O)CCCCCCC/C=C\C/C=C\CC)COC(=O)CCCCCCCCC/C=C\CCCCCC. The third-order valence-electron chi connectivity index (χ3n) is 9.43. The highest BCUT2D eigenvalue weighted by Gasteiger charge is 2.19. The summed E-state index contributed by atoms with van der Waals surface area (Å²) >= 11 is 0. The van der Waals surface area contributed by atoms with E-state index in [4.69, 9.17) is 14.2 Å². The topological polar surface area (TPSA) is 78.9 Å². The molecule has 0 spiro atoms. The molecule has 0 aromatic rings. The Hall–Kier alpha value is -3.67. The van der Waals surface area contributed by atoms with Crippen LogP contribution in [0.1, 0.15) is 194 Å². The zero-order valence-electron chi connectivity index (χ0n) is 37.3. The van der Waals surface area contributed by atoms with Gasteiger partial charge in [-0.2, -0.15) is 0 Å². The lowest BCUT2D eigenvalue weighted by Gasteiger charge is -2.18. The van der Waals surface area contributed by atoms with Crippen molar-refractivity contribution in [3.8, 4) is 0 Å². The van der Waals surface area contributed by atoms with Gasteiger partial charge in [0, 0.05) is 19.3 Å². The Labute approximate surface area is 356 Å². The monoisotopic (exact) mass is 805 g/mol. The molecule has 1 atom stereocenters. The van der Waals surface area contributed by atoms with Crippen molar-refractivity contribution in [1.29, 1.82) is 0 Å². The van der Waals surface area contributed by atoms with Gasteiger partial charge in [0.05, 0.1) is 0 Å². The Balaban J connectivity index is 4.52. The summed E-state index contributed by atoms with van der Waals surface area (Å²) in [5, 5.41) is 0. The highest BCUT2D eigenvalue weighted by Crippen LogP contribution is 2.13. The molecule has 0 rings (SSSR count). The first-order valence-corrected chi connectivity index (χ1v) is 23.3. The number of allylic oxidation sites excluding steroid dienone is 16. The van der Waals surface area contributed by atoms with Crippen molar-refractivity contribution in [1.82, 2.24) is 0 Å². The second kappa shape index (κ2) is 46.0. The van der Waals surface area contributed by atoms with Crippen LogP contribution in [0.3, 0.4) is 0 Å². The molecule has 0 aliphatic carbocycles. The number of rotatable bonds is 40. The zero-order chi connectivity index (χ0) is 42.3. The van der Waals surface area contributed by atoms with Gasteiger partial charge in [-0.25, -0.2) is 0 Å².